The Morgan fingerprint density at radius 3 is 2.76 bits per heavy atom. The quantitative estimate of drug-likeness (QED) is 0.928. The summed E-state index contributed by atoms with van der Waals surface area (Å²) in [7, 11) is 0. The minimum absolute atomic E-state index is 0.0441. The van der Waals surface area contributed by atoms with Crippen LogP contribution in [0.2, 0.25) is 0 Å². The average molecular weight is 336 g/mol. The van der Waals surface area contributed by atoms with Gasteiger partial charge < -0.3 is 10.2 Å². The Kier molecular flexibility index (Phi) is 4.15. The van der Waals surface area contributed by atoms with Crippen molar-refractivity contribution in [3.05, 3.63) is 47.3 Å². The molecule has 1 N–H and O–H groups in total. The van der Waals surface area contributed by atoms with E-state index in [1.807, 2.05) is 30.0 Å². The fourth-order valence-electron chi connectivity index (χ4n) is 3.99. The Hall–Kier alpha value is -2.43. The Morgan fingerprint density at radius 2 is 1.96 bits per heavy atom. The molecular weight excluding hydrogens is 312 g/mol. The zero-order valence-corrected chi connectivity index (χ0v) is 14.8. The number of para-hydroxylation sites is 1. The number of nitrogens with zero attached hydrogens (tertiary/aromatic N) is 3. The summed E-state index contributed by atoms with van der Waals surface area (Å²) in [4.78, 5) is 24.1. The molecule has 1 fully saturated rings. The van der Waals surface area contributed by atoms with Gasteiger partial charge in [-0.15, -0.1) is 0 Å². The van der Waals surface area contributed by atoms with E-state index in [-0.39, 0.29) is 11.9 Å². The number of carbonyl (C=O) groups is 1. The number of nitrogens with one attached hydrogen (secondary N) is 1. The monoisotopic (exact) mass is 336 g/mol. The molecule has 2 aliphatic rings. The molecule has 1 aliphatic carbocycles. The van der Waals surface area contributed by atoms with Gasteiger partial charge >= 0.3 is 0 Å². The fourth-order valence-corrected chi connectivity index (χ4v) is 3.99. The molecule has 1 amide bonds. The van der Waals surface area contributed by atoms with Crippen LogP contribution < -0.4 is 10.2 Å². The van der Waals surface area contributed by atoms with Crippen molar-refractivity contribution in [3.8, 4) is 0 Å². The first kappa shape index (κ1) is 16.1. The molecule has 1 aliphatic heterocycles. The summed E-state index contributed by atoms with van der Waals surface area (Å²) in [5, 5.41) is 3.40. The molecule has 25 heavy (non-hydrogen) atoms. The third-order valence-electron chi connectivity index (χ3n) is 5.19. The zero-order valence-electron chi connectivity index (χ0n) is 14.8. The molecule has 0 bridgehead atoms. The summed E-state index contributed by atoms with van der Waals surface area (Å²) >= 11 is 0. The van der Waals surface area contributed by atoms with E-state index in [9.17, 15) is 4.79 Å². The molecule has 0 radical (unpaired) electrons. The molecule has 130 valence electrons. The van der Waals surface area contributed by atoms with Gasteiger partial charge in [0, 0.05) is 23.5 Å². The molecule has 1 saturated carbocycles. The largest absolute Gasteiger partial charge is 0.351 e. The number of aromatic nitrogens is 2. The van der Waals surface area contributed by atoms with Gasteiger partial charge in [0.1, 0.15) is 5.69 Å². The van der Waals surface area contributed by atoms with Gasteiger partial charge in [-0.1, -0.05) is 31.0 Å². The van der Waals surface area contributed by atoms with E-state index in [0.29, 0.717) is 17.7 Å². The van der Waals surface area contributed by atoms with Gasteiger partial charge in [0.15, 0.2) is 0 Å². The third kappa shape index (κ3) is 3.11. The maximum Gasteiger partial charge on any atom is 0.277 e. The molecule has 5 nitrogen and oxygen atoms in total. The normalized spacial score (nSPS) is 19.9. The molecule has 1 unspecified atom stereocenters. The van der Waals surface area contributed by atoms with Crippen molar-refractivity contribution in [1.82, 2.24) is 9.97 Å². The van der Waals surface area contributed by atoms with Gasteiger partial charge in [-0.25, -0.2) is 9.97 Å². The second-order valence-electron chi connectivity index (χ2n) is 7.20. The van der Waals surface area contributed by atoms with Crippen LogP contribution in [-0.4, -0.2) is 28.0 Å². The van der Waals surface area contributed by atoms with Crippen LogP contribution in [0.5, 0.6) is 0 Å². The van der Waals surface area contributed by atoms with Gasteiger partial charge in [0.05, 0.1) is 0 Å². The Bertz CT molecular complexity index is 798. The van der Waals surface area contributed by atoms with Crippen LogP contribution in [0.3, 0.4) is 0 Å². The molecule has 2 heterocycles. The van der Waals surface area contributed by atoms with Crippen LogP contribution >= 0.6 is 0 Å². The van der Waals surface area contributed by atoms with Crippen LogP contribution in [-0.2, 0) is 6.42 Å². The Balaban J connectivity index is 1.62. The molecule has 2 aromatic rings. The molecule has 0 spiro atoms. The third-order valence-corrected chi connectivity index (χ3v) is 5.19. The zero-order chi connectivity index (χ0) is 17.4. The van der Waals surface area contributed by atoms with E-state index in [1.165, 1.54) is 18.4 Å². The van der Waals surface area contributed by atoms with Gasteiger partial charge in [-0.2, -0.15) is 0 Å². The lowest BCUT2D eigenvalue weighted by Crippen LogP contribution is -2.36. The molecule has 1 atom stereocenters. The molecule has 5 heteroatoms. The Labute approximate surface area is 148 Å². The summed E-state index contributed by atoms with van der Waals surface area (Å²) < 4.78 is 0. The first-order chi connectivity index (χ1) is 12.1. The molecule has 1 aromatic carbocycles. The van der Waals surface area contributed by atoms with Crippen LogP contribution in [0.4, 0.5) is 11.6 Å². The van der Waals surface area contributed by atoms with Crippen LogP contribution in [0, 0.1) is 6.92 Å². The number of amides is 1. The van der Waals surface area contributed by atoms with Gasteiger partial charge in [-0.3, -0.25) is 4.79 Å². The van der Waals surface area contributed by atoms with E-state index in [1.54, 1.807) is 6.07 Å². The lowest BCUT2D eigenvalue weighted by Gasteiger charge is -2.23. The second kappa shape index (κ2) is 6.47. The van der Waals surface area contributed by atoms with Crippen molar-refractivity contribution in [2.24, 2.45) is 0 Å². The van der Waals surface area contributed by atoms with E-state index in [4.69, 9.17) is 0 Å². The second-order valence-corrected chi connectivity index (χ2v) is 7.20. The molecule has 4 rings (SSSR count). The Morgan fingerprint density at radius 1 is 1.20 bits per heavy atom. The minimum atomic E-state index is -0.0441. The van der Waals surface area contributed by atoms with E-state index in [2.05, 4.69) is 28.3 Å². The fraction of sp³-hybridized carbons (Fsp3) is 0.450. The summed E-state index contributed by atoms with van der Waals surface area (Å²) in [6, 6.07) is 10.5. The number of hydrogen-bond acceptors (Lipinski definition) is 4. The standard InChI is InChI=1S/C20H24N4O/c1-13-11-17(23-20(21-13)22-16-8-4-5-9-16)19(25)24-14(2)12-15-7-3-6-10-18(15)24/h3,6-7,10-11,14,16H,4-5,8-9,12H2,1-2H3,(H,21,22,23). The number of benzene rings is 1. The number of aryl methyl sites for hydroxylation is 1. The highest BCUT2D eigenvalue weighted by Crippen LogP contribution is 2.33. The lowest BCUT2D eigenvalue weighted by molar-refractivity contribution is 0.0976. The number of hydrogen-bond donors (Lipinski definition) is 1. The minimum Gasteiger partial charge on any atom is -0.351 e. The van der Waals surface area contributed by atoms with Crippen LogP contribution in [0.1, 0.15) is 54.4 Å². The maximum absolute atomic E-state index is 13.2. The lowest BCUT2D eigenvalue weighted by atomic mass is 10.1. The highest BCUT2D eigenvalue weighted by atomic mass is 16.2. The number of fused-ring (bicyclic) bond motifs is 1. The summed E-state index contributed by atoms with van der Waals surface area (Å²) in [5.41, 5.74) is 3.51. The average Bonchev–Trinajstić information content (AvgIpc) is 3.20. The van der Waals surface area contributed by atoms with Crippen molar-refractivity contribution >= 4 is 17.5 Å². The predicted octanol–water partition coefficient (Wildman–Crippen LogP) is 3.73. The van der Waals surface area contributed by atoms with Crippen molar-refractivity contribution in [2.75, 3.05) is 10.2 Å². The molecular formula is C20H24N4O. The van der Waals surface area contributed by atoms with Gasteiger partial charge in [-0.05, 0) is 50.8 Å². The van der Waals surface area contributed by atoms with Crippen molar-refractivity contribution < 1.29 is 4.79 Å². The van der Waals surface area contributed by atoms with E-state index in [0.717, 1.165) is 30.6 Å². The maximum atomic E-state index is 13.2. The number of anilines is 2. The topological polar surface area (TPSA) is 58.1 Å². The highest BCUT2D eigenvalue weighted by Gasteiger charge is 2.32. The van der Waals surface area contributed by atoms with Crippen LogP contribution in [0.15, 0.2) is 30.3 Å². The smallest absolute Gasteiger partial charge is 0.277 e. The predicted molar refractivity (Wildman–Crippen MR) is 99.1 cm³/mol. The van der Waals surface area contributed by atoms with E-state index < -0.39 is 0 Å². The summed E-state index contributed by atoms with van der Waals surface area (Å²) in [5.74, 6) is 0.535. The number of carbonyl (C=O) groups excluding carboxylic acids is 1. The van der Waals surface area contributed by atoms with Crippen molar-refractivity contribution in [1.29, 1.82) is 0 Å². The summed E-state index contributed by atoms with van der Waals surface area (Å²) in [6.07, 6.45) is 5.68. The number of rotatable bonds is 3. The van der Waals surface area contributed by atoms with Crippen LogP contribution in [0.25, 0.3) is 0 Å². The summed E-state index contributed by atoms with van der Waals surface area (Å²) in [6.45, 7) is 4.00. The molecule has 1 aromatic heterocycles. The van der Waals surface area contributed by atoms with Gasteiger partial charge in [0.25, 0.3) is 5.91 Å². The van der Waals surface area contributed by atoms with Crippen molar-refractivity contribution in [2.45, 2.75) is 58.0 Å². The van der Waals surface area contributed by atoms with Gasteiger partial charge in [0.2, 0.25) is 5.95 Å². The molecule has 0 saturated heterocycles. The van der Waals surface area contributed by atoms with Crippen molar-refractivity contribution in [3.63, 3.8) is 0 Å². The first-order valence-corrected chi connectivity index (χ1v) is 9.15. The highest BCUT2D eigenvalue weighted by molar-refractivity contribution is 6.06. The first-order valence-electron chi connectivity index (χ1n) is 9.15. The van der Waals surface area contributed by atoms with E-state index >= 15 is 0 Å². The SMILES string of the molecule is Cc1cc(C(=O)N2c3ccccc3CC2C)nc(NC2CCCC2)n1.